The standard InChI is InChI=1S/C11H13ClN2O.C2H2N2O/c1-7(15)14-5-4-8-2-3-10(12)11(13)9(8)6-14;1-2-5-4-3-1/h2-3H,4-6,13H2,1H3;1-2H. The molecule has 0 fully saturated rings. The summed E-state index contributed by atoms with van der Waals surface area (Å²) in [4.78, 5) is 13.0. The van der Waals surface area contributed by atoms with Gasteiger partial charge in [0.15, 0.2) is 0 Å². The van der Waals surface area contributed by atoms with Crippen molar-refractivity contribution in [3.05, 3.63) is 40.7 Å². The van der Waals surface area contributed by atoms with Crippen molar-refractivity contribution in [3.8, 4) is 0 Å². The summed E-state index contributed by atoms with van der Waals surface area (Å²) >= 11 is 5.94. The fourth-order valence-corrected chi connectivity index (χ4v) is 2.21. The van der Waals surface area contributed by atoms with Crippen molar-refractivity contribution < 1.29 is 9.32 Å². The lowest BCUT2D eigenvalue weighted by Gasteiger charge is -2.29. The average molecular weight is 295 g/mol. The number of halogens is 1. The maximum atomic E-state index is 11.3. The first-order valence-corrected chi connectivity index (χ1v) is 6.49. The van der Waals surface area contributed by atoms with Gasteiger partial charge in [-0.2, -0.15) is 0 Å². The molecule has 0 atom stereocenters. The van der Waals surface area contributed by atoms with Gasteiger partial charge in [0.25, 0.3) is 0 Å². The van der Waals surface area contributed by atoms with Crippen LogP contribution in [0.5, 0.6) is 0 Å². The van der Waals surface area contributed by atoms with E-state index in [0.717, 1.165) is 18.5 Å². The molecule has 7 heteroatoms. The van der Waals surface area contributed by atoms with Crippen molar-refractivity contribution >= 4 is 23.2 Å². The molecular formula is C13H15ClN4O2. The maximum absolute atomic E-state index is 11.3. The number of nitrogen functional groups attached to an aromatic ring is 1. The van der Waals surface area contributed by atoms with E-state index in [0.29, 0.717) is 17.3 Å². The van der Waals surface area contributed by atoms with E-state index in [9.17, 15) is 4.79 Å². The number of nitrogens with two attached hydrogens (primary N) is 1. The molecule has 106 valence electrons. The Morgan fingerprint density at radius 1 is 1.50 bits per heavy atom. The van der Waals surface area contributed by atoms with Crippen molar-refractivity contribution in [2.45, 2.75) is 19.9 Å². The van der Waals surface area contributed by atoms with Crippen LogP contribution in [0.3, 0.4) is 0 Å². The minimum atomic E-state index is 0.0834. The van der Waals surface area contributed by atoms with E-state index in [4.69, 9.17) is 17.3 Å². The summed E-state index contributed by atoms with van der Waals surface area (Å²) in [5, 5.41) is 6.97. The van der Waals surface area contributed by atoms with Crippen molar-refractivity contribution in [1.82, 2.24) is 15.3 Å². The molecule has 0 bridgehead atoms. The lowest BCUT2D eigenvalue weighted by Crippen LogP contribution is -2.34. The van der Waals surface area contributed by atoms with E-state index in [1.807, 2.05) is 12.1 Å². The van der Waals surface area contributed by atoms with Crippen LogP contribution in [-0.4, -0.2) is 27.7 Å². The second-order valence-corrected chi connectivity index (χ2v) is 4.78. The molecule has 0 saturated carbocycles. The van der Waals surface area contributed by atoms with E-state index in [1.165, 1.54) is 18.0 Å². The largest absolute Gasteiger partial charge is 0.397 e. The number of amides is 1. The summed E-state index contributed by atoms with van der Waals surface area (Å²) < 4.78 is 4.22. The molecule has 2 N–H and O–H groups in total. The molecule has 1 aliphatic rings. The number of carbonyl (C=O) groups excluding carboxylic acids is 1. The maximum Gasteiger partial charge on any atom is 0.219 e. The van der Waals surface area contributed by atoms with Crippen LogP contribution in [0.25, 0.3) is 0 Å². The van der Waals surface area contributed by atoms with Gasteiger partial charge in [0.05, 0.1) is 16.9 Å². The van der Waals surface area contributed by atoms with Crippen LogP contribution in [0.1, 0.15) is 18.1 Å². The number of anilines is 1. The Morgan fingerprint density at radius 3 is 2.85 bits per heavy atom. The third-order valence-corrected chi connectivity index (χ3v) is 3.46. The summed E-state index contributed by atoms with van der Waals surface area (Å²) in [5.74, 6) is 0.0834. The van der Waals surface area contributed by atoms with Crippen LogP contribution in [0.15, 0.2) is 29.1 Å². The zero-order chi connectivity index (χ0) is 14.5. The van der Waals surface area contributed by atoms with E-state index >= 15 is 0 Å². The molecule has 0 aliphatic carbocycles. The van der Waals surface area contributed by atoms with Crippen molar-refractivity contribution in [1.29, 1.82) is 0 Å². The second-order valence-electron chi connectivity index (χ2n) is 4.38. The number of aromatic nitrogens is 2. The molecule has 6 nitrogen and oxygen atoms in total. The minimum Gasteiger partial charge on any atom is -0.397 e. The molecule has 0 unspecified atom stereocenters. The van der Waals surface area contributed by atoms with Crippen molar-refractivity contribution in [2.75, 3.05) is 12.3 Å². The first-order valence-electron chi connectivity index (χ1n) is 6.12. The van der Waals surface area contributed by atoms with Crippen LogP contribution < -0.4 is 5.73 Å². The van der Waals surface area contributed by atoms with E-state index in [2.05, 4.69) is 14.9 Å². The van der Waals surface area contributed by atoms with Gasteiger partial charge >= 0.3 is 0 Å². The minimum absolute atomic E-state index is 0.0834. The number of carbonyl (C=O) groups is 1. The Morgan fingerprint density at radius 2 is 2.30 bits per heavy atom. The second kappa shape index (κ2) is 6.38. The Hall–Kier alpha value is -2.08. The topological polar surface area (TPSA) is 85.2 Å². The molecule has 2 aromatic rings. The molecule has 1 aliphatic heterocycles. The highest BCUT2D eigenvalue weighted by atomic mass is 35.5. The number of fused-ring (bicyclic) bond motifs is 1. The first kappa shape index (κ1) is 14.3. The molecule has 20 heavy (non-hydrogen) atoms. The van der Waals surface area contributed by atoms with E-state index in [-0.39, 0.29) is 5.91 Å². The van der Waals surface area contributed by atoms with Crippen molar-refractivity contribution in [2.24, 2.45) is 0 Å². The Bertz CT molecular complexity index is 569. The first-order chi connectivity index (χ1) is 9.59. The summed E-state index contributed by atoms with van der Waals surface area (Å²) in [7, 11) is 0. The molecule has 2 heterocycles. The molecule has 1 aromatic heterocycles. The smallest absolute Gasteiger partial charge is 0.219 e. The monoisotopic (exact) mass is 294 g/mol. The quantitative estimate of drug-likeness (QED) is 0.750. The van der Waals surface area contributed by atoms with Gasteiger partial charge in [-0.3, -0.25) is 4.79 Å². The predicted molar refractivity (Wildman–Crippen MR) is 75.0 cm³/mol. The lowest BCUT2D eigenvalue weighted by molar-refractivity contribution is -0.129. The number of benzene rings is 1. The summed E-state index contributed by atoms with van der Waals surface area (Å²) in [6.45, 7) is 2.92. The van der Waals surface area contributed by atoms with Gasteiger partial charge in [-0.15, -0.1) is 5.10 Å². The van der Waals surface area contributed by atoms with Gasteiger partial charge < -0.3 is 15.2 Å². The third-order valence-electron chi connectivity index (χ3n) is 3.13. The number of nitrogens with zero attached hydrogens (tertiary/aromatic N) is 3. The molecule has 0 spiro atoms. The fourth-order valence-electron chi connectivity index (χ4n) is 2.03. The molecule has 3 rings (SSSR count). The van der Waals surface area contributed by atoms with E-state index in [1.54, 1.807) is 11.8 Å². The van der Waals surface area contributed by atoms with Crippen LogP contribution in [-0.2, 0) is 17.8 Å². The predicted octanol–water partition coefficient (Wildman–Crippen LogP) is 1.90. The molecule has 1 amide bonds. The van der Waals surface area contributed by atoms with Gasteiger partial charge in [-0.05, 0) is 23.6 Å². The van der Waals surface area contributed by atoms with Crippen LogP contribution in [0.4, 0.5) is 5.69 Å². The lowest BCUT2D eigenvalue weighted by atomic mass is 9.98. The van der Waals surface area contributed by atoms with Crippen LogP contribution in [0, 0.1) is 0 Å². The van der Waals surface area contributed by atoms with Crippen LogP contribution >= 0.6 is 11.6 Å². The zero-order valence-electron chi connectivity index (χ0n) is 11.0. The third kappa shape index (κ3) is 3.27. The van der Waals surface area contributed by atoms with Gasteiger partial charge in [0.1, 0.15) is 6.26 Å². The number of hydrogen-bond donors (Lipinski definition) is 1. The van der Waals surface area contributed by atoms with Crippen molar-refractivity contribution in [3.63, 3.8) is 0 Å². The summed E-state index contributed by atoms with van der Waals surface area (Å²) in [6.07, 6.45) is 3.73. The highest BCUT2D eigenvalue weighted by molar-refractivity contribution is 6.33. The Kier molecular flexibility index (Phi) is 4.57. The Balaban J connectivity index is 0.000000247. The molecule has 0 radical (unpaired) electrons. The number of rotatable bonds is 0. The van der Waals surface area contributed by atoms with Gasteiger partial charge in [0, 0.05) is 25.3 Å². The highest BCUT2D eigenvalue weighted by Gasteiger charge is 2.20. The SMILES string of the molecule is CC(=O)N1CCc2ccc(Cl)c(N)c2C1.c1conn1. The molecular weight excluding hydrogens is 280 g/mol. The molecule has 1 aromatic carbocycles. The van der Waals surface area contributed by atoms with Gasteiger partial charge in [-0.1, -0.05) is 17.7 Å². The normalized spacial score (nSPS) is 13.2. The highest BCUT2D eigenvalue weighted by Crippen LogP contribution is 2.30. The van der Waals surface area contributed by atoms with Crippen LogP contribution in [0.2, 0.25) is 5.02 Å². The van der Waals surface area contributed by atoms with E-state index < -0.39 is 0 Å². The van der Waals surface area contributed by atoms with Gasteiger partial charge in [-0.25, -0.2) is 0 Å². The fraction of sp³-hybridized carbons (Fsp3) is 0.308. The summed E-state index contributed by atoms with van der Waals surface area (Å²) in [6, 6.07) is 3.81. The summed E-state index contributed by atoms with van der Waals surface area (Å²) in [5.41, 5.74) is 8.71. The average Bonchev–Trinajstić information content (AvgIpc) is 3.02. The zero-order valence-corrected chi connectivity index (χ0v) is 11.8. The molecule has 0 saturated heterocycles. The number of hydrogen-bond acceptors (Lipinski definition) is 5. The van der Waals surface area contributed by atoms with Gasteiger partial charge in [0.2, 0.25) is 5.91 Å². The Labute approximate surface area is 121 Å².